The number of rotatable bonds is 5. The van der Waals surface area contributed by atoms with Crippen LogP contribution >= 0.6 is 0 Å². The highest BCUT2D eigenvalue weighted by molar-refractivity contribution is 6.02. The van der Waals surface area contributed by atoms with Crippen LogP contribution in [0.5, 0.6) is 17.2 Å². The van der Waals surface area contributed by atoms with E-state index in [1.807, 2.05) is 37.3 Å². The lowest BCUT2D eigenvalue weighted by Crippen LogP contribution is -2.33. The van der Waals surface area contributed by atoms with Gasteiger partial charge in [0.05, 0.1) is 7.11 Å². The molecular formula is C23H24O4. The highest BCUT2D eigenvalue weighted by Gasteiger charge is 2.48. The fourth-order valence-corrected chi connectivity index (χ4v) is 4.28. The number of hydrogen-bond acceptors (Lipinski definition) is 4. The first-order chi connectivity index (χ1) is 13.0. The van der Waals surface area contributed by atoms with Crippen LogP contribution in [0.25, 0.3) is 0 Å². The lowest BCUT2D eigenvalue weighted by atomic mass is 9.78. The number of ether oxygens (including phenoxy) is 2. The van der Waals surface area contributed by atoms with Gasteiger partial charge in [-0.15, -0.1) is 0 Å². The zero-order valence-corrected chi connectivity index (χ0v) is 15.7. The lowest BCUT2D eigenvalue weighted by Gasteiger charge is -2.30. The predicted molar refractivity (Wildman–Crippen MR) is 104 cm³/mol. The number of hydrogen-bond donors (Lipinski definition) is 1. The number of allylic oxidation sites excluding steroid dienone is 1. The van der Waals surface area contributed by atoms with E-state index >= 15 is 0 Å². The predicted octanol–water partition coefficient (Wildman–Crippen LogP) is 4.80. The van der Waals surface area contributed by atoms with Crippen molar-refractivity contribution < 1.29 is 19.4 Å². The molecule has 140 valence electrons. The average Bonchev–Trinajstić information content (AvgIpc) is 2.98. The summed E-state index contributed by atoms with van der Waals surface area (Å²) in [7, 11) is 1.58. The van der Waals surface area contributed by atoms with Crippen molar-refractivity contribution >= 4 is 5.78 Å². The summed E-state index contributed by atoms with van der Waals surface area (Å²) in [5, 5.41) is 10.6. The Morgan fingerprint density at radius 1 is 1.33 bits per heavy atom. The molecule has 1 aliphatic carbocycles. The minimum Gasteiger partial charge on any atom is -0.507 e. The maximum absolute atomic E-state index is 13.0. The Labute approximate surface area is 159 Å². The number of methoxy groups -OCH3 is 1. The molecule has 1 heterocycles. The number of phenols is 1. The first kappa shape index (κ1) is 17.7. The van der Waals surface area contributed by atoms with E-state index in [-0.39, 0.29) is 23.0 Å². The zero-order chi connectivity index (χ0) is 19.0. The molecule has 0 spiro atoms. The van der Waals surface area contributed by atoms with E-state index in [1.165, 1.54) is 0 Å². The molecule has 0 amide bonds. The molecular weight excluding hydrogens is 340 g/mol. The van der Waals surface area contributed by atoms with E-state index in [1.54, 1.807) is 13.2 Å². The molecule has 4 rings (SSSR count). The molecule has 1 aliphatic heterocycles. The Morgan fingerprint density at radius 2 is 2.11 bits per heavy atom. The smallest absolute Gasteiger partial charge is 0.170 e. The number of phenolic OH excluding ortho intramolecular Hbond substituents is 1. The lowest BCUT2D eigenvalue weighted by molar-refractivity contribution is 0.0964. The SMILES string of the molecule is COc1cc(O)c(C(=O)CCc2ccccc2)c2c1[C@@H]1CCC=C[C@]1(C)O2. The highest BCUT2D eigenvalue weighted by atomic mass is 16.5. The molecule has 1 N–H and O–H groups in total. The third-order valence-electron chi connectivity index (χ3n) is 5.68. The summed E-state index contributed by atoms with van der Waals surface area (Å²) in [6, 6.07) is 11.4. The summed E-state index contributed by atoms with van der Waals surface area (Å²) < 4.78 is 11.8. The number of ketones is 1. The van der Waals surface area contributed by atoms with Crippen LogP contribution in [0, 0.1) is 0 Å². The summed E-state index contributed by atoms with van der Waals surface area (Å²) in [6.07, 6.45) is 7.02. The molecule has 2 aromatic rings. The van der Waals surface area contributed by atoms with Gasteiger partial charge in [-0.1, -0.05) is 36.4 Å². The summed E-state index contributed by atoms with van der Waals surface area (Å²) in [5.41, 5.74) is 1.78. The van der Waals surface area contributed by atoms with E-state index in [0.717, 1.165) is 24.0 Å². The topological polar surface area (TPSA) is 55.8 Å². The fraction of sp³-hybridized carbons (Fsp3) is 0.348. The Bertz CT molecular complexity index is 900. The van der Waals surface area contributed by atoms with Gasteiger partial charge in [-0.25, -0.2) is 0 Å². The molecule has 0 aromatic heterocycles. The Hall–Kier alpha value is -2.75. The molecule has 0 unspecified atom stereocenters. The minimum atomic E-state index is -0.504. The van der Waals surface area contributed by atoms with Crippen molar-refractivity contribution in [2.24, 2.45) is 0 Å². The molecule has 2 atom stereocenters. The molecule has 0 saturated heterocycles. The average molecular weight is 364 g/mol. The number of fused-ring (bicyclic) bond motifs is 3. The van der Waals surface area contributed by atoms with Crippen LogP contribution < -0.4 is 9.47 Å². The van der Waals surface area contributed by atoms with E-state index in [2.05, 4.69) is 12.2 Å². The second-order valence-electron chi connectivity index (χ2n) is 7.44. The van der Waals surface area contributed by atoms with Gasteiger partial charge in [-0.2, -0.15) is 0 Å². The van der Waals surface area contributed by atoms with Gasteiger partial charge in [-0.3, -0.25) is 4.79 Å². The molecule has 27 heavy (non-hydrogen) atoms. The Morgan fingerprint density at radius 3 is 2.85 bits per heavy atom. The first-order valence-corrected chi connectivity index (χ1v) is 9.41. The monoisotopic (exact) mass is 364 g/mol. The van der Waals surface area contributed by atoms with Crippen molar-refractivity contribution in [3.8, 4) is 17.2 Å². The van der Waals surface area contributed by atoms with Crippen LogP contribution in [0.1, 0.15) is 53.6 Å². The maximum atomic E-state index is 13.0. The van der Waals surface area contributed by atoms with Crippen LogP contribution in [0.3, 0.4) is 0 Å². The van der Waals surface area contributed by atoms with Crippen molar-refractivity contribution in [1.29, 1.82) is 0 Å². The third kappa shape index (κ3) is 2.99. The van der Waals surface area contributed by atoms with E-state index < -0.39 is 5.60 Å². The standard InChI is InChI=1S/C23H24O4/c1-23-13-7-6-10-16(23)20-19(26-2)14-18(25)21(22(20)27-23)17(24)12-11-15-8-4-3-5-9-15/h3-5,7-9,13-14,16,25H,6,10-12H2,1-2H3/t16-,23-/m0/s1. The van der Waals surface area contributed by atoms with Crippen LogP contribution in [0.15, 0.2) is 48.6 Å². The first-order valence-electron chi connectivity index (χ1n) is 9.41. The van der Waals surface area contributed by atoms with E-state index in [0.29, 0.717) is 24.3 Å². The number of benzene rings is 2. The van der Waals surface area contributed by atoms with Crippen LogP contribution in [0.4, 0.5) is 0 Å². The number of aromatic hydroxyl groups is 1. The molecule has 2 aromatic carbocycles. The van der Waals surface area contributed by atoms with Crippen LogP contribution in [-0.4, -0.2) is 23.6 Å². The van der Waals surface area contributed by atoms with Crippen LogP contribution in [-0.2, 0) is 6.42 Å². The summed E-state index contributed by atoms with van der Waals surface area (Å²) in [5.74, 6) is 1.01. The quantitative estimate of drug-likeness (QED) is 0.611. The summed E-state index contributed by atoms with van der Waals surface area (Å²) in [6.45, 7) is 2.03. The van der Waals surface area contributed by atoms with Gasteiger partial charge in [0.1, 0.15) is 28.4 Å². The molecule has 4 nitrogen and oxygen atoms in total. The van der Waals surface area contributed by atoms with Crippen molar-refractivity contribution in [3.63, 3.8) is 0 Å². The molecule has 0 saturated carbocycles. The largest absolute Gasteiger partial charge is 0.507 e. The summed E-state index contributed by atoms with van der Waals surface area (Å²) >= 11 is 0. The number of carbonyl (C=O) groups is 1. The molecule has 0 bridgehead atoms. The van der Waals surface area contributed by atoms with E-state index in [4.69, 9.17) is 9.47 Å². The maximum Gasteiger partial charge on any atom is 0.170 e. The Balaban J connectivity index is 1.71. The molecule has 0 fully saturated rings. The molecule has 0 radical (unpaired) electrons. The van der Waals surface area contributed by atoms with Crippen molar-refractivity contribution in [2.75, 3.05) is 7.11 Å². The van der Waals surface area contributed by atoms with Gasteiger partial charge in [0.15, 0.2) is 5.78 Å². The van der Waals surface area contributed by atoms with Gasteiger partial charge in [0, 0.05) is 24.0 Å². The minimum absolute atomic E-state index is 0.0742. The number of aryl methyl sites for hydroxylation is 1. The number of Topliss-reactive ketones (excluding diaryl/α,β-unsaturated/α-hetero) is 1. The fourth-order valence-electron chi connectivity index (χ4n) is 4.28. The van der Waals surface area contributed by atoms with E-state index in [9.17, 15) is 9.90 Å². The van der Waals surface area contributed by atoms with Gasteiger partial charge < -0.3 is 14.6 Å². The number of carbonyl (C=O) groups excluding carboxylic acids is 1. The Kier molecular flexibility index (Phi) is 4.42. The second-order valence-corrected chi connectivity index (χ2v) is 7.44. The normalized spacial score (nSPS) is 22.7. The van der Waals surface area contributed by atoms with Crippen molar-refractivity contribution in [3.05, 3.63) is 65.2 Å². The summed E-state index contributed by atoms with van der Waals surface area (Å²) in [4.78, 5) is 13.0. The molecule has 2 aliphatic rings. The zero-order valence-electron chi connectivity index (χ0n) is 15.7. The van der Waals surface area contributed by atoms with Crippen molar-refractivity contribution in [2.45, 2.75) is 44.1 Å². The third-order valence-corrected chi connectivity index (χ3v) is 5.68. The van der Waals surface area contributed by atoms with Gasteiger partial charge >= 0.3 is 0 Å². The van der Waals surface area contributed by atoms with Crippen LogP contribution in [0.2, 0.25) is 0 Å². The van der Waals surface area contributed by atoms with Gasteiger partial charge in [0.2, 0.25) is 0 Å². The highest BCUT2D eigenvalue weighted by Crippen LogP contribution is 2.56. The van der Waals surface area contributed by atoms with Gasteiger partial charge in [-0.05, 0) is 37.8 Å². The second kappa shape index (κ2) is 6.76. The van der Waals surface area contributed by atoms with Crippen molar-refractivity contribution in [1.82, 2.24) is 0 Å². The molecule has 4 heteroatoms. The van der Waals surface area contributed by atoms with Gasteiger partial charge in [0.25, 0.3) is 0 Å².